The number of rotatable bonds is 4. The largest absolute Gasteiger partial charge is 0.297 e. The van der Waals surface area contributed by atoms with Gasteiger partial charge < -0.3 is 0 Å². The zero-order valence-corrected chi connectivity index (χ0v) is 3.65. The average molecular weight is 102 g/mol. The van der Waals surface area contributed by atoms with Gasteiger partial charge in [-0.1, -0.05) is 0 Å². The van der Waals surface area contributed by atoms with E-state index in [2.05, 4.69) is 27.5 Å². The molecule has 0 heterocycles. The van der Waals surface area contributed by atoms with Gasteiger partial charge in [0.05, 0.1) is 0 Å². The molecular formula is H7BN6. The first kappa shape index (κ1) is 6.82. The van der Waals surface area contributed by atoms with Gasteiger partial charge in [0, 0.05) is 0 Å². The van der Waals surface area contributed by atoms with Gasteiger partial charge in [-0.3, -0.25) is 11.2 Å². The van der Waals surface area contributed by atoms with Crippen LogP contribution in [0, 0.1) is 0 Å². The SMILES string of the molecule is [B]NNNNNN. The molecule has 0 aliphatic carbocycles. The lowest BCUT2D eigenvalue weighted by atomic mass is 10.5. The molecular weight excluding hydrogens is 94.9 g/mol. The normalized spacial score (nSPS) is 9.29. The molecule has 0 fully saturated rings. The van der Waals surface area contributed by atoms with Crippen LogP contribution < -0.4 is 33.3 Å². The van der Waals surface area contributed by atoms with Gasteiger partial charge in [-0.15, -0.1) is 0 Å². The molecule has 40 valence electrons. The predicted molar refractivity (Wildman–Crippen MR) is 25.6 cm³/mol. The van der Waals surface area contributed by atoms with E-state index in [9.17, 15) is 0 Å². The minimum absolute atomic E-state index is 2.08. The van der Waals surface area contributed by atoms with E-state index in [4.69, 9.17) is 13.8 Å². The third-order valence-electron chi connectivity index (χ3n) is 0.269. The van der Waals surface area contributed by atoms with E-state index in [1.807, 2.05) is 0 Å². The Morgan fingerprint density at radius 1 is 1.14 bits per heavy atom. The molecule has 0 aromatic rings. The van der Waals surface area contributed by atoms with Crippen molar-refractivity contribution in [1.29, 1.82) is 0 Å². The maximum Gasteiger partial charge on any atom is 0.203 e. The topological polar surface area (TPSA) is 86.2 Å². The van der Waals surface area contributed by atoms with Crippen LogP contribution in [-0.2, 0) is 0 Å². The zero-order chi connectivity index (χ0) is 5.54. The van der Waals surface area contributed by atoms with Crippen molar-refractivity contribution < 1.29 is 0 Å². The van der Waals surface area contributed by atoms with E-state index < -0.39 is 0 Å². The maximum atomic E-state index is 4.74. The summed E-state index contributed by atoms with van der Waals surface area (Å²) in [5, 5.41) is 2.08. The Bertz CT molecular complexity index is 23.4. The van der Waals surface area contributed by atoms with Crippen molar-refractivity contribution in [2.45, 2.75) is 0 Å². The molecule has 0 amide bonds. The van der Waals surface area contributed by atoms with Crippen LogP contribution in [0.3, 0.4) is 0 Å². The van der Waals surface area contributed by atoms with Crippen LogP contribution in [0.2, 0.25) is 0 Å². The first-order valence-electron chi connectivity index (χ1n) is 1.58. The van der Waals surface area contributed by atoms with Crippen molar-refractivity contribution in [1.82, 2.24) is 27.5 Å². The van der Waals surface area contributed by atoms with E-state index in [1.54, 1.807) is 0 Å². The smallest absolute Gasteiger partial charge is 0.203 e. The van der Waals surface area contributed by atoms with Gasteiger partial charge in [-0.05, 0) is 0 Å². The second-order valence-electron chi connectivity index (χ2n) is 0.664. The van der Waals surface area contributed by atoms with E-state index in [1.165, 1.54) is 0 Å². The first-order chi connectivity index (χ1) is 3.41. The molecule has 0 atom stereocenters. The number of nitrogens with two attached hydrogens (primary N) is 1. The fraction of sp³-hybridized carbons (Fsp3) is 0. The van der Waals surface area contributed by atoms with Gasteiger partial charge in [0.2, 0.25) is 7.98 Å². The van der Waals surface area contributed by atoms with Gasteiger partial charge in [-0.2, -0.15) is 22.1 Å². The highest BCUT2D eigenvalue weighted by Gasteiger charge is 1.68. The molecule has 7 heteroatoms. The molecule has 6 nitrogen and oxygen atoms in total. The number of hydrogen-bond donors (Lipinski definition) is 6. The molecule has 0 spiro atoms. The van der Waals surface area contributed by atoms with E-state index in [-0.39, 0.29) is 0 Å². The second kappa shape index (κ2) is 5.82. The lowest BCUT2D eigenvalue weighted by Crippen LogP contribution is -2.56. The lowest BCUT2D eigenvalue weighted by Gasteiger charge is -2.03. The molecule has 0 saturated heterocycles. The zero-order valence-electron chi connectivity index (χ0n) is 3.65. The van der Waals surface area contributed by atoms with Crippen LogP contribution in [0.25, 0.3) is 0 Å². The molecule has 0 aliphatic heterocycles. The van der Waals surface area contributed by atoms with Gasteiger partial charge in [0.25, 0.3) is 0 Å². The molecule has 7 N–H and O–H groups in total. The van der Waals surface area contributed by atoms with Crippen LogP contribution in [0.15, 0.2) is 0 Å². The van der Waals surface area contributed by atoms with Crippen molar-refractivity contribution >= 4 is 7.98 Å². The van der Waals surface area contributed by atoms with Crippen molar-refractivity contribution in [2.75, 3.05) is 0 Å². The Morgan fingerprint density at radius 2 is 1.86 bits per heavy atom. The number of hydrogen-bond acceptors (Lipinski definition) is 6. The Morgan fingerprint density at radius 3 is 2.29 bits per heavy atom. The van der Waals surface area contributed by atoms with Crippen molar-refractivity contribution in [3.8, 4) is 0 Å². The quantitative estimate of drug-likeness (QED) is 0.0957. The fourth-order valence-corrected chi connectivity index (χ4v) is 0.103. The summed E-state index contributed by atoms with van der Waals surface area (Å²) in [4.78, 5) is 0. The van der Waals surface area contributed by atoms with Crippen LogP contribution in [-0.4, -0.2) is 7.98 Å². The third kappa shape index (κ3) is 5.82. The minimum Gasteiger partial charge on any atom is -0.297 e. The third-order valence-corrected chi connectivity index (χ3v) is 0.269. The van der Waals surface area contributed by atoms with Gasteiger partial charge >= 0.3 is 0 Å². The average Bonchev–Trinajstić information content (AvgIpc) is 1.69. The van der Waals surface area contributed by atoms with Crippen LogP contribution in [0.1, 0.15) is 0 Å². The minimum atomic E-state index is 2.08. The Balaban J connectivity index is 2.45. The Labute approximate surface area is 42.5 Å². The molecule has 0 unspecified atom stereocenters. The molecule has 0 aromatic carbocycles. The van der Waals surface area contributed by atoms with Crippen LogP contribution in [0.5, 0.6) is 0 Å². The summed E-state index contributed by atoms with van der Waals surface area (Å²) in [5.74, 6) is 4.74. The van der Waals surface area contributed by atoms with Crippen LogP contribution in [0.4, 0.5) is 0 Å². The molecule has 0 rings (SSSR count). The van der Waals surface area contributed by atoms with Crippen molar-refractivity contribution in [2.24, 2.45) is 5.84 Å². The lowest BCUT2D eigenvalue weighted by molar-refractivity contribution is 0.365. The molecule has 0 aliphatic rings. The van der Waals surface area contributed by atoms with Crippen LogP contribution >= 0.6 is 0 Å². The first-order valence-corrected chi connectivity index (χ1v) is 1.58. The standard InChI is InChI=1S/BH7N6/c1-3-5-7-6-4-2/h3-7H,2H2. The highest BCUT2D eigenvalue weighted by Crippen LogP contribution is 1.15. The van der Waals surface area contributed by atoms with E-state index >= 15 is 0 Å². The van der Waals surface area contributed by atoms with Gasteiger partial charge in [0.15, 0.2) is 0 Å². The molecule has 0 aromatic heterocycles. The monoisotopic (exact) mass is 102 g/mol. The maximum absolute atomic E-state index is 4.74. The van der Waals surface area contributed by atoms with Gasteiger partial charge in [0.1, 0.15) is 0 Å². The summed E-state index contributed by atoms with van der Waals surface area (Å²) >= 11 is 0. The molecule has 0 saturated carbocycles. The summed E-state index contributed by atoms with van der Waals surface area (Å²) in [6.07, 6.45) is 0. The summed E-state index contributed by atoms with van der Waals surface area (Å²) in [6.45, 7) is 0. The molecule has 0 bridgehead atoms. The summed E-state index contributed by atoms with van der Waals surface area (Å²) < 4.78 is 0. The Kier molecular flexibility index (Phi) is 5.68. The van der Waals surface area contributed by atoms with E-state index in [0.29, 0.717) is 0 Å². The summed E-state index contributed by atoms with van der Waals surface area (Å²) in [7, 11) is 4.74. The van der Waals surface area contributed by atoms with Crippen molar-refractivity contribution in [3.05, 3.63) is 0 Å². The highest BCUT2D eigenvalue weighted by molar-refractivity contribution is 6.03. The molecule has 7 heavy (non-hydrogen) atoms. The molecule has 2 radical (unpaired) electrons. The van der Waals surface area contributed by atoms with Crippen molar-refractivity contribution in [3.63, 3.8) is 0 Å². The summed E-state index contributed by atoms with van der Waals surface area (Å²) in [5.41, 5.74) is 8.94. The summed E-state index contributed by atoms with van der Waals surface area (Å²) in [6, 6.07) is 0. The van der Waals surface area contributed by atoms with E-state index in [0.717, 1.165) is 0 Å². The second-order valence-corrected chi connectivity index (χ2v) is 0.664. The Hall–Kier alpha value is -0.175. The number of hydrazine groups is 5. The predicted octanol–water partition coefficient (Wildman–Crippen LogP) is -3.45. The fourth-order valence-electron chi connectivity index (χ4n) is 0.103. The highest BCUT2D eigenvalue weighted by atomic mass is 15.8. The number of nitrogens with one attached hydrogen (secondary N) is 5. The van der Waals surface area contributed by atoms with Gasteiger partial charge in [-0.25, -0.2) is 0 Å².